The summed E-state index contributed by atoms with van der Waals surface area (Å²) in [5.41, 5.74) is -2.80. The number of hydrogen-bond acceptors (Lipinski definition) is 6. The summed E-state index contributed by atoms with van der Waals surface area (Å²) in [7, 11) is 0. The normalized spacial score (nSPS) is 53.2. The molecule has 5 aliphatic rings. The Morgan fingerprint density at radius 1 is 1.25 bits per heavy atom. The van der Waals surface area contributed by atoms with Crippen molar-refractivity contribution in [3.8, 4) is 0 Å². The van der Waals surface area contributed by atoms with Gasteiger partial charge in [-0.25, -0.2) is 4.39 Å². The molecule has 9 atom stereocenters. The molecule has 32 heavy (non-hydrogen) atoms. The lowest BCUT2D eigenvalue weighted by atomic mass is 9.45. The van der Waals surface area contributed by atoms with E-state index < -0.39 is 57.3 Å². The fourth-order valence-corrected chi connectivity index (χ4v) is 8.95. The smallest absolute Gasteiger partial charge is 0.193 e. The molecule has 0 amide bonds. The third-order valence-corrected chi connectivity index (χ3v) is 11.1. The van der Waals surface area contributed by atoms with Crippen LogP contribution in [-0.2, 0) is 19.1 Å². The summed E-state index contributed by atoms with van der Waals surface area (Å²) < 4.78 is 27.1. The number of halogens is 2. The first-order chi connectivity index (χ1) is 14.8. The lowest BCUT2D eigenvalue weighted by Gasteiger charge is -2.64. The molecule has 4 fully saturated rings. The predicted molar refractivity (Wildman–Crippen MR) is 117 cm³/mol. The Kier molecular flexibility index (Phi) is 4.71. The van der Waals surface area contributed by atoms with Gasteiger partial charge in [0.15, 0.2) is 23.0 Å². The number of allylic oxidation sites excluding steroid dienone is 4. The molecule has 5 rings (SSSR count). The van der Waals surface area contributed by atoms with Crippen LogP contribution in [0.15, 0.2) is 23.8 Å². The highest BCUT2D eigenvalue weighted by Crippen LogP contribution is 2.73. The van der Waals surface area contributed by atoms with Crippen molar-refractivity contribution in [2.75, 3.05) is 6.61 Å². The number of fused-ring (bicyclic) bond motifs is 7. The van der Waals surface area contributed by atoms with Gasteiger partial charge in [0.25, 0.3) is 0 Å². The Balaban J connectivity index is 1.66. The maximum Gasteiger partial charge on any atom is 0.193 e. The number of carbonyl (C=O) groups is 2. The van der Waals surface area contributed by atoms with Crippen LogP contribution >= 0.6 is 15.9 Å². The van der Waals surface area contributed by atoms with Crippen LogP contribution in [0.4, 0.5) is 4.39 Å². The number of rotatable bonds is 2. The van der Waals surface area contributed by atoms with Gasteiger partial charge in [0.2, 0.25) is 0 Å². The molecule has 0 aromatic carbocycles. The van der Waals surface area contributed by atoms with Crippen molar-refractivity contribution < 1.29 is 33.7 Å². The Morgan fingerprint density at radius 2 is 1.94 bits per heavy atom. The number of Topliss-reactive ketones (excluding diaryl/α,β-unsaturated/α-hetero) is 1. The molecule has 3 saturated carbocycles. The van der Waals surface area contributed by atoms with Crippen LogP contribution in [0.5, 0.6) is 0 Å². The van der Waals surface area contributed by atoms with Crippen molar-refractivity contribution in [3.63, 3.8) is 0 Å². The number of aliphatic hydroxyl groups is 2. The van der Waals surface area contributed by atoms with E-state index >= 15 is 4.39 Å². The van der Waals surface area contributed by atoms with Gasteiger partial charge < -0.3 is 19.7 Å². The van der Waals surface area contributed by atoms with Gasteiger partial charge in [-0.15, -0.1) is 0 Å². The van der Waals surface area contributed by atoms with Crippen molar-refractivity contribution in [1.29, 1.82) is 0 Å². The molecule has 4 aliphatic carbocycles. The number of carbonyl (C=O) groups excluding carboxylic acids is 2. The third-order valence-electron chi connectivity index (χ3n) is 9.18. The summed E-state index contributed by atoms with van der Waals surface area (Å²) in [4.78, 5) is 25.3. The van der Waals surface area contributed by atoms with Gasteiger partial charge in [-0.05, 0) is 62.7 Å². The molecule has 1 aliphatic heterocycles. The zero-order valence-electron chi connectivity index (χ0n) is 18.7. The molecule has 0 bridgehead atoms. The van der Waals surface area contributed by atoms with E-state index in [1.165, 1.54) is 12.2 Å². The zero-order chi connectivity index (χ0) is 23.5. The topological polar surface area (TPSA) is 93.1 Å². The monoisotopic (exact) mass is 512 g/mol. The van der Waals surface area contributed by atoms with Gasteiger partial charge in [-0.1, -0.05) is 35.9 Å². The van der Waals surface area contributed by atoms with Gasteiger partial charge in [0.1, 0.15) is 12.8 Å². The molecular weight excluding hydrogens is 483 g/mol. The number of ether oxygens (including phenoxy) is 2. The molecule has 0 aromatic rings. The number of ketones is 2. The van der Waals surface area contributed by atoms with E-state index in [4.69, 9.17) is 9.47 Å². The maximum absolute atomic E-state index is 15.6. The van der Waals surface area contributed by atoms with Crippen molar-refractivity contribution in [3.05, 3.63) is 23.8 Å². The van der Waals surface area contributed by atoms with E-state index in [0.717, 1.165) is 0 Å². The molecule has 1 saturated heterocycles. The predicted octanol–water partition coefficient (Wildman–Crippen LogP) is 2.79. The Labute approximate surface area is 195 Å². The average molecular weight is 513 g/mol. The summed E-state index contributed by atoms with van der Waals surface area (Å²) in [6.07, 6.45) is 2.40. The summed E-state index contributed by atoms with van der Waals surface area (Å²) in [6.45, 7) is 6.56. The van der Waals surface area contributed by atoms with E-state index in [0.29, 0.717) is 12.0 Å². The number of hydrogen-bond donors (Lipinski definition) is 2. The van der Waals surface area contributed by atoms with Crippen LogP contribution in [0.3, 0.4) is 0 Å². The minimum atomic E-state index is -1.41. The molecule has 0 radical (unpaired) electrons. The van der Waals surface area contributed by atoms with Gasteiger partial charge in [-0.2, -0.15) is 0 Å². The minimum Gasteiger partial charge on any atom is -0.392 e. The molecule has 176 valence electrons. The first-order valence-electron chi connectivity index (χ1n) is 11.3. The quantitative estimate of drug-likeness (QED) is 0.552. The van der Waals surface area contributed by atoms with Crippen molar-refractivity contribution >= 4 is 27.5 Å². The summed E-state index contributed by atoms with van der Waals surface area (Å²) in [6, 6.07) is 0. The second-order valence-electron chi connectivity index (χ2n) is 11.0. The SMILES string of the molecule is CC1(C)OC2CC3C4C[C@H](F)C5=CC(=O)C=C[C@]5(C)C4(Br)[C@@H](O)C[C@]3(C)C2(C(=O)CO)O1. The minimum absolute atomic E-state index is 0.116. The Bertz CT molecular complexity index is 962. The molecule has 2 N–H and O–H groups in total. The lowest BCUT2D eigenvalue weighted by Crippen LogP contribution is -2.70. The van der Waals surface area contributed by atoms with Crippen LogP contribution in [0.2, 0.25) is 0 Å². The summed E-state index contributed by atoms with van der Waals surface area (Å²) >= 11 is 3.88. The molecule has 0 spiro atoms. The molecule has 6 nitrogen and oxygen atoms in total. The fourth-order valence-electron chi connectivity index (χ4n) is 7.92. The van der Waals surface area contributed by atoms with E-state index in [1.807, 2.05) is 13.8 Å². The van der Waals surface area contributed by atoms with Crippen LogP contribution in [-0.4, -0.2) is 62.5 Å². The fraction of sp³-hybridized carbons (Fsp3) is 0.750. The van der Waals surface area contributed by atoms with Crippen LogP contribution in [0.1, 0.15) is 47.0 Å². The molecule has 5 unspecified atom stereocenters. The van der Waals surface area contributed by atoms with Crippen LogP contribution in [0.25, 0.3) is 0 Å². The largest absolute Gasteiger partial charge is 0.392 e. The molecule has 8 heteroatoms. The second-order valence-corrected chi connectivity index (χ2v) is 12.3. The third kappa shape index (κ3) is 2.43. The van der Waals surface area contributed by atoms with Crippen molar-refractivity contribution in [1.82, 2.24) is 0 Å². The number of aliphatic hydroxyl groups excluding tert-OH is 2. The highest BCUT2D eigenvalue weighted by molar-refractivity contribution is 9.10. The van der Waals surface area contributed by atoms with Gasteiger partial charge in [0.05, 0.1) is 16.5 Å². The zero-order valence-corrected chi connectivity index (χ0v) is 20.3. The molecule has 0 aromatic heterocycles. The Morgan fingerprint density at radius 3 is 2.59 bits per heavy atom. The lowest BCUT2D eigenvalue weighted by molar-refractivity contribution is -0.222. The van der Waals surface area contributed by atoms with Gasteiger partial charge in [-0.3, -0.25) is 9.59 Å². The highest BCUT2D eigenvalue weighted by Gasteiger charge is 2.79. The first-order valence-corrected chi connectivity index (χ1v) is 12.0. The van der Waals surface area contributed by atoms with Crippen LogP contribution in [0, 0.1) is 22.7 Å². The van der Waals surface area contributed by atoms with E-state index in [9.17, 15) is 19.8 Å². The average Bonchev–Trinajstić information content (AvgIpc) is 3.11. The molecule has 1 heterocycles. The maximum atomic E-state index is 15.6. The summed E-state index contributed by atoms with van der Waals surface area (Å²) in [5.74, 6) is -2.28. The first kappa shape index (κ1) is 22.8. The molecular formula is C24H30BrFO6. The van der Waals surface area contributed by atoms with E-state index in [-0.39, 0.29) is 30.5 Å². The summed E-state index contributed by atoms with van der Waals surface area (Å²) in [5, 5.41) is 21.5. The Hall–Kier alpha value is -0.930. The standard InChI is InChI=1S/C24H30BrFO6/c1-20(2)31-19-9-13-14-8-16(26)15-7-12(28)5-6-21(15,3)23(14,25)17(29)10-22(13,4)24(19,32-20)18(30)11-27/h5-7,13-14,16-17,19,27,29H,8-11H2,1-4H3/t13?,14?,16-,17-,19?,21-,22-,23?,24?/m0/s1. The van der Waals surface area contributed by atoms with Crippen molar-refractivity contribution in [2.45, 2.75) is 81.0 Å². The van der Waals surface area contributed by atoms with Crippen molar-refractivity contribution in [2.24, 2.45) is 22.7 Å². The van der Waals surface area contributed by atoms with E-state index in [1.54, 1.807) is 19.9 Å². The van der Waals surface area contributed by atoms with E-state index in [2.05, 4.69) is 15.9 Å². The van der Waals surface area contributed by atoms with Gasteiger partial charge >= 0.3 is 0 Å². The second kappa shape index (κ2) is 6.60. The number of alkyl halides is 2. The highest BCUT2D eigenvalue weighted by atomic mass is 79.9. The van der Waals surface area contributed by atoms with Gasteiger partial charge in [0, 0.05) is 10.8 Å². The van der Waals surface area contributed by atoms with Crippen LogP contribution < -0.4 is 0 Å².